The van der Waals surface area contributed by atoms with Crippen LogP contribution in [0.4, 0.5) is 5.82 Å². The second-order valence-electron chi connectivity index (χ2n) is 7.00. The lowest BCUT2D eigenvalue weighted by Gasteiger charge is -2.38. The smallest absolute Gasteiger partial charge is 0.172 e. The highest BCUT2D eigenvalue weighted by atomic mass is 79.9. The number of anilines is 1. The van der Waals surface area contributed by atoms with Crippen LogP contribution < -0.4 is 10.6 Å². The third-order valence-corrected chi connectivity index (χ3v) is 6.17. The molecule has 0 unspecified atom stereocenters. The number of hydrogen-bond donors (Lipinski definition) is 2. The number of pyridine rings is 1. The van der Waals surface area contributed by atoms with E-state index in [4.69, 9.17) is 23.8 Å². The Bertz CT molecular complexity index is 773. The monoisotopic (exact) mass is 451 g/mol. The number of benzene rings is 1. The van der Waals surface area contributed by atoms with E-state index in [1.165, 1.54) is 24.8 Å². The Morgan fingerprint density at radius 2 is 1.92 bits per heavy atom. The van der Waals surface area contributed by atoms with Crippen LogP contribution in [0.5, 0.6) is 0 Å². The zero-order valence-corrected chi connectivity index (χ0v) is 18.0. The van der Waals surface area contributed by atoms with E-state index in [-0.39, 0.29) is 5.41 Å². The van der Waals surface area contributed by atoms with Crippen molar-refractivity contribution in [2.75, 3.05) is 11.9 Å². The van der Waals surface area contributed by atoms with Crippen molar-refractivity contribution < 1.29 is 0 Å². The van der Waals surface area contributed by atoms with Crippen molar-refractivity contribution in [2.45, 2.75) is 44.4 Å². The molecule has 1 aromatic carbocycles. The molecule has 0 amide bonds. The van der Waals surface area contributed by atoms with Crippen molar-refractivity contribution in [3.8, 4) is 0 Å². The van der Waals surface area contributed by atoms with Gasteiger partial charge in [-0.05, 0) is 77.2 Å². The molecule has 1 heterocycles. The van der Waals surface area contributed by atoms with Crippen LogP contribution in [0.15, 0.2) is 41.0 Å². The Kier molecular flexibility index (Phi) is 6.54. The van der Waals surface area contributed by atoms with Gasteiger partial charge in [0.2, 0.25) is 0 Å². The fourth-order valence-corrected chi connectivity index (χ4v) is 4.48. The first-order chi connectivity index (χ1) is 12.5. The number of aromatic nitrogens is 1. The molecule has 3 nitrogen and oxygen atoms in total. The van der Waals surface area contributed by atoms with Crippen LogP contribution in [-0.2, 0) is 5.41 Å². The molecule has 1 saturated carbocycles. The van der Waals surface area contributed by atoms with Crippen LogP contribution in [0.1, 0.15) is 43.2 Å². The molecule has 1 aliphatic carbocycles. The van der Waals surface area contributed by atoms with Gasteiger partial charge in [-0.25, -0.2) is 4.98 Å². The molecule has 1 aromatic heterocycles. The minimum atomic E-state index is 0.104. The Hall–Kier alpha value is -1.17. The summed E-state index contributed by atoms with van der Waals surface area (Å²) in [5, 5.41) is 8.00. The summed E-state index contributed by atoms with van der Waals surface area (Å²) in [6.45, 7) is 2.82. The lowest BCUT2D eigenvalue weighted by Crippen LogP contribution is -2.43. The van der Waals surface area contributed by atoms with Crippen LogP contribution in [0.25, 0.3) is 0 Å². The topological polar surface area (TPSA) is 37.0 Å². The maximum Gasteiger partial charge on any atom is 0.172 e. The number of rotatable bonds is 4. The van der Waals surface area contributed by atoms with Gasteiger partial charge in [0.15, 0.2) is 5.11 Å². The summed E-state index contributed by atoms with van der Waals surface area (Å²) in [5.41, 5.74) is 2.55. The largest absolute Gasteiger partial charge is 0.362 e. The number of thiocarbonyl (C=S) groups is 1. The fourth-order valence-electron chi connectivity index (χ4n) is 3.63. The molecule has 1 aliphatic rings. The van der Waals surface area contributed by atoms with Gasteiger partial charge in [0.05, 0.1) is 4.47 Å². The van der Waals surface area contributed by atoms with E-state index in [0.29, 0.717) is 5.11 Å². The summed E-state index contributed by atoms with van der Waals surface area (Å²) in [7, 11) is 0. The molecule has 138 valence electrons. The highest BCUT2D eigenvalue weighted by Crippen LogP contribution is 2.39. The van der Waals surface area contributed by atoms with Crippen molar-refractivity contribution in [1.82, 2.24) is 10.3 Å². The van der Waals surface area contributed by atoms with E-state index in [0.717, 1.165) is 40.3 Å². The van der Waals surface area contributed by atoms with Crippen molar-refractivity contribution in [1.29, 1.82) is 0 Å². The molecule has 2 N–H and O–H groups in total. The molecular formula is C20H23BrClN3S. The first-order valence-electron chi connectivity index (χ1n) is 8.92. The minimum Gasteiger partial charge on any atom is -0.362 e. The number of halogens is 2. The van der Waals surface area contributed by atoms with Gasteiger partial charge in [-0.2, -0.15) is 0 Å². The van der Waals surface area contributed by atoms with Gasteiger partial charge >= 0.3 is 0 Å². The fraction of sp³-hybridized carbons (Fsp3) is 0.400. The maximum atomic E-state index is 6.08. The summed E-state index contributed by atoms with van der Waals surface area (Å²) < 4.78 is 0.909. The quantitative estimate of drug-likeness (QED) is 0.558. The van der Waals surface area contributed by atoms with Crippen LogP contribution in [0.3, 0.4) is 0 Å². The van der Waals surface area contributed by atoms with E-state index >= 15 is 0 Å². The van der Waals surface area contributed by atoms with Crippen LogP contribution in [-0.4, -0.2) is 16.6 Å². The summed E-state index contributed by atoms with van der Waals surface area (Å²) in [6, 6.07) is 10.3. The van der Waals surface area contributed by atoms with Gasteiger partial charge in [0.25, 0.3) is 0 Å². The van der Waals surface area contributed by atoms with Crippen molar-refractivity contribution >= 4 is 50.7 Å². The SMILES string of the molecule is Cc1cnc(NC(=S)NCC2(c3ccc(Cl)cc3)CCCCC2)c(Br)c1. The Morgan fingerprint density at radius 1 is 1.23 bits per heavy atom. The van der Waals surface area contributed by atoms with Gasteiger partial charge in [-0.15, -0.1) is 0 Å². The lowest BCUT2D eigenvalue weighted by atomic mass is 9.69. The minimum absolute atomic E-state index is 0.104. The molecule has 0 radical (unpaired) electrons. The van der Waals surface area contributed by atoms with Gasteiger partial charge in [0, 0.05) is 23.2 Å². The highest BCUT2D eigenvalue weighted by Gasteiger charge is 2.33. The highest BCUT2D eigenvalue weighted by molar-refractivity contribution is 9.10. The van der Waals surface area contributed by atoms with E-state index in [9.17, 15) is 0 Å². The average Bonchev–Trinajstić information content (AvgIpc) is 2.64. The van der Waals surface area contributed by atoms with Crippen LogP contribution in [0.2, 0.25) is 5.02 Å². The van der Waals surface area contributed by atoms with E-state index in [2.05, 4.69) is 43.7 Å². The Balaban J connectivity index is 1.69. The molecule has 6 heteroatoms. The molecule has 26 heavy (non-hydrogen) atoms. The van der Waals surface area contributed by atoms with Crippen molar-refractivity contribution in [3.63, 3.8) is 0 Å². The molecule has 0 saturated heterocycles. The van der Waals surface area contributed by atoms with Gasteiger partial charge in [0.1, 0.15) is 5.82 Å². The zero-order valence-electron chi connectivity index (χ0n) is 14.8. The third kappa shape index (κ3) is 4.76. The second kappa shape index (κ2) is 8.68. The Morgan fingerprint density at radius 3 is 2.58 bits per heavy atom. The predicted octanol–water partition coefficient (Wildman–Crippen LogP) is 5.99. The molecule has 0 spiro atoms. The number of hydrogen-bond acceptors (Lipinski definition) is 2. The van der Waals surface area contributed by atoms with Gasteiger partial charge in [-0.1, -0.05) is 43.0 Å². The number of aryl methyl sites for hydroxylation is 1. The second-order valence-corrected chi connectivity index (χ2v) is 8.70. The predicted molar refractivity (Wildman–Crippen MR) is 117 cm³/mol. The summed E-state index contributed by atoms with van der Waals surface area (Å²) >= 11 is 15.1. The molecular weight excluding hydrogens is 430 g/mol. The van der Waals surface area contributed by atoms with Crippen LogP contribution >= 0.6 is 39.7 Å². The molecule has 1 fully saturated rings. The molecule has 3 rings (SSSR count). The van der Waals surface area contributed by atoms with Crippen molar-refractivity contribution in [2.24, 2.45) is 0 Å². The molecule has 0 bridgehead atoms. The van der Waals surface area contributed by atoms with E-state index in [1.807, 2.05) is 31.3 Å². The molecule has 0 atom stereocenters. The normalized spacial score (nSPS) is 16.1. The first kappa shape index (κ1) is 19.6. The van der Waals surface area contributed by atoms with Gasteiger partial charge in [-0.3, -0.25) is 0 Å². The standard InChI is InChI=1S/C20H23BrClN3S/c1-14-11-17(21)18(23-12-14)25-19(26)24-13-20(9-3-2-4-10-20)15-5-7-16(22)8-6-15/h5-8,11-12H,2-4,9-10,13H2,1H3,(H2,23,24,25,26). The lowest BCUT2D eigenvalue weighted by molar-refractivity contribution is 0.292. The Labute approximate surface area is 174 Å². The maximum absolute atomic E-state index is 6.08. The average molecular weight is 453 g/mol. The van der Waals surface area contributed by atoms with E-state index < -0.39 is 0 Å². The van der Waals surface area contributed by atoms with Crippen LogP contribution in [0, 0.1) is 6.92 Å². The summed E-state index contributed by atoms with van der Waals surface area (Å²) in [5.74, 6) is 0.734. The number of nitrogens with one attached hydrogen (secondary N) is 2. The zero-order chi connectivity index (χ0) is 18.6. The van der Waals surface area contributed by atoms with Crippen molar-refractivity contribution in [3.05, 3.63) is 57.2 Å². The third-order valence-electron chi connectivity index (χ3n) is 5.06. The molecule has 0 aliphatic heterocycles. The molecule has 2 aromatic rings. The first-order valence-corrected chi connectivity index (χ1v) is 10.5. The summed E-state index contributed by atoms with van der Waals surface area (Å²) in [6.07, 6.45) is 7.95. The van der Waals surface area contributed by atoms with E-state index in [1.54, 1.807) is 0 Å². The summed E-state index contributed by atoms with van der Waals surface area (Å²) in [4.78, 5) is 4.40. The number of nitrogens with zero attached hydrogens (tertiary/aromatic N) is 1. The van der Waals surface area contributed by atoms with Gasteiger partial charge < -0.3 is 10.6 Å².